The van der Waals surface area contributed by atoms with E-state index >= 15 is 0 Å². The van der Waals surface area contributed by atoms with Gasteiger partial charge in [-0.2, -0.15) is 0 Å². The van der Waals surface area contributed by atoms with E-state index in [-0.39, 0.29) is 12.0 Å². The fourth-order valence-electron chi connectivity index (χ4n) is 3.60. The molecule has 0 bridgehead atoms. The van der Waals surface area contributed by atoms with Crippen LogP contribution in [0.4, 0.5) is 0 Å². The number of benzene rings is 1. The molecule has 1 unspecified atom stereocenters. The largest absolute Gasteiger partial charge is 0.481 e. The van der Waals surface area contributed by atoms with E-state index in [1.54, 1.807) is 11.3 Å². The number of para-hydroxylation sites is 1. The predicted octanol–water partition coefficient (Wildman–Crippen LogP) is 4.18. The van der Waals surface area contributed by atoms with Crippen molar-refractivity contribution in [1.82, 2.24) is 9.88 Å². The van der Waals surface area contributed by atoms with Gasteiger partial charge in [-0.15, -0.1) is 11.3 Å². The number of thiophene rings is 1. The molecule has 1 N–H and O–H groups in total. The van der Waals surface area contributed by atoms with Gasteiger partial charge < -0.3 is 5.11 Å². The van der Waals surface area contributed by atoms with Gasteiger partial charge in [0, 0.05) is 10.3 Å². The molecule has 1 aliphatic heterocycles. The van der Waals surface area contributed by atoms with Crippen molar-refractivity contribution in [2.24, 2.45) is 5.92 Å². The van der Waals surface area contributed by atoms with Crippen LogP contribution in [0.5, 0.6) is 0 Å². The van der Waals surface area contributed by atoms with E-state index in [2.05, 4.69) is 40.6 Å². The highest BCUT2D eigenvalue weighted by Gasteiger charge is 2.31. The highest BCUT2D eigenvalue weighted by molar-refractivity contribution is 7.10. The number of hydrogen-bond donors (Lipinski definition) is 1. The Balaban J connectivity index is 1.68. The summed E-state index contributed by atoms with van der Waals surface area (Å²) in [5.74, 6) is -0.888. The summed E-state index contributed by atoms with van der Waals surface area (Å²) in [6.07, 6.45) is 1.40. The smallest absolute Gasteiger partial charge is 0.306 e. The van der Waals surface area contributed by atoms with Gasteiger partial charge in [0.1, 0.15) is 0 Å². The first-order valence-electron chi connectivity index (χ1n) is 8.58. The molecule has 4 rings (SSSR count). The third kappa shape index (κ3) is 3.30. The van der Waals surface area contributed by atoms with Crippen LogP contribution in [-0.4, -0.2) is 34.0 Å². The van der Waals surface area contributed by atoms with Crippen molar-refractivity contribution < 1.29 is 9.90 Å². The molecule has 3 heterocycles. The Hall–Kier alpha value is -2.24. The molecule has 0 amide bonds. The number of hydrogen-bond acceptors (Lipinski definition) is 4. The molecule has 0 spiro atoms. The van der Waals surface area contributed by atoms with Crippen LogP contribution in [0.15, 0.2) is 53.9 Å². The van der Waals surface area contributed by atoms with Crippen molar-refractivity contribution in [3.63, 3.8) is 0 Å². The lowest BCUT2D eigenvalue weighted by atomic mass is 9.95. The minimum absolute atomic E-state index is 0.0966. The first kappa shape index (κ1) is 16.2. The van der Waals surface area contributed by atoms with Crippen molar-refractivity contribution in [3.05, 3.63) is 64.5 Å². The van der Waals surface area contributed by atoms with Gasteiger partial charge in [-0.1, -0.05) is 30.3 Å². The first-order chi connectivity index (χ1) is 12.2. The zero-order chi connectivity index (χ0) is 17.2. The van der Waals surface area contributed by atoms with E-state index in [0.29, 0.717) is 12.8 Å². The minimum Gasteiger partial charge on any atom is -0.481 e. The summed E-state index contributed by atoms with van der Waals surface area (Å²) in [6, 6.07) is 16.7. The average molecular weight is 352 g/mol. The number of aliphatic carboxylic acids is 1. The summed E-state index contributed by atoms with van der Waals surface area (Å²) < 4.78 is 0. The summed E-state index contributed by atoms with van der Waals surface area (Å²) in [5.41, 5.74) is 2.04. The quantitative estimate of drug-likeness (QED) is 0.765. The number of nitrogens with zero attached hydrogens (tertiary/aromatic N) is 2. The molecule has 0 aliphatic carbocycles. The number of pyridine rings is 1. The van der Waals surface area contributed by atoms with Crippen LogP contribution >= 0.6 is 11.3 Å². The van der Waals surface area contributed by atoms with Crippen LogP contribution in [0.25, 0.3) is 10.9 Å². The maximum Gasteiger partial charge on any atom is 0.306 e. The minimum atomic E-state index is -0.670. The van der Waals surface area contributed by atoms with E-state index in [9.17, 15) is 9.90 Å². The topological polar surface area (TPSA) is 53.4 Å². The Bertz CT molecular complexity index is 870. The zero-order valence-electron chi connectivity index (χ0n) is 13.8. The highest BCUT2D eigenvalue weighted by Crippen LogP contribution is 2.34. The maximum absolute atomic E-state index is 11.2. The molecule has 3 aromatic rings. The normalized spacial score (nSPS) is 17.6. The number of fused-ring (bicyclic) bond motifs is 1. The summed E-state index contributed by atoms with van der Waals surface area (Å²) in [5, 5.41) is 12.5. The monoisotopic (exact) mass is 352 g/mol. The van der Waals surface area contributed by atoms with Crippen molar-refractivity contribution in [2.75, 3.05) is 13.1 Å². The number of piperidine rings is 1. The Morgan fingerprint density at radius 1 is 1.12 bits per heavy atom. The van der Waals surface area contributed by atoms with E-state index in [1.807, 2.05) is 18.2 Å². The lowest BCUT2D eigenvalue weighted by Crippen LogP contribution is -2.39. The Morgan fingerprint density at radius 2 is 1.92 bits per heavy atom. The number of aromatic nitrogens is 1. The lowest BCUT2D eigenvalue weighted by molar-refractivity contribution is -0.143. The molecule has 128 valence electrons. The summed E-state index contributed by atoms with van der Waals surface area (Å²) >= 11 is 1.73. The van der Waals surface area contributed by atoms with E-state index < -0.39 is 5.97 Å². The molecular formula is C20H20N2O2S. The number of rotatable bonds is 4. The highest BCUT2D eigenvalue weighted by atomic mass is 32.1. The number of carboxylic acid groups (broad SMARTS) is 1. The molecular weight excluding hydrogens is 332 g/mol. The van der Waals surface area contributed by atoms with Crippen LogP contribution in [0.2, 0.25) is 0 Å². The van der Waals surface area contributed by atoms with Crippen LogP contribution in [0, 0.1) is 5.92 Å². The number of likely N-dealkylation sites (tertiary alicyclic amines) is 1. The van der Waals surface area contributed by atoms with Gasteiger partial charge in [0.15, 0.2) is 0 Å². The fourth-order valence-corrected chi connectivity index (χ4v) is 4.47. The second-order valence-electron chi connectivity index (χ2n) is 6.50. The predicted molar refractivity (Wildman–Crippen MR) is 99.8 cm³/mol. The second-order valence-corrected chi connectivity index (χ2v) is 7.47. The van der Waals surface area contributed by atoms with Gasteiger partial charge in [-0.3, -0.25) is 14.7 Å². The van der Waals surface area contributed by atoms with Crippen LogP contribution in [0.3, 0.4) is 0 Å². The van der Waals surface area contributed by atoms with E-state index in [1.165, 1.54) is 4.88 Å². The number of carbonyl (C=O) groups is 1. The lowest BCUT2D eigenvalue weighted by Gasteiger charge is -2.35. The standard InChI is InChI=1S/C20H20N2O2S/c23-20(24)15-9-11-22(12-10-15)19(18-6-3-13-25-18)17-8-7-14-4-1-2-5-16(14)21-17/h1-8,13,15,19H,9-12H2,(H,23,24). The van der Waals surface area contributed by atoms with Crippen LogP contribution < -0.4 is 0 Å². The summed E-state index contributed by atoms with van der Waals surface area (Å²) in [6.45, 7) is 1.57. The fraction of sp³-hybridized carbons (Fsp3) is 0.300. The van der Waals surface area contributed by atoms with Gasteiger partial charge in [0.2, 0.25) is 0 Å². The third-order valence-electron chi connectivity index (χ3n) is 4.96. The Morgan fingerprint density at radius 3 is 2.64 bits per heavy atom. The molecule has 25 heavy (non-hydrogen) atoms. The third-order valence-corrected chi connectivity index (χ3v) is 5.88. The molecule has 1 aromatic carbocycles. The molecule has 0 radical (unpaired) electrons. The maximum atomic E-state index is 11.2. The summed E-state index contributed by atoms with van der Waals surface area (Å²) in [7, 11) is 0. The second kappa shape index (κ2) is 6.94. The van der Waals surface area contributed by atoms with Crippen molar-refractivity contribution >= 4 is 28.2 Å². The van der Waals surface area contributed by atoms with Gasteiger partial charge in [0.25, 0.3) is 0 Å². The zero-order valence-corrected chi connectivity index (χ0v) is 14.7. The molecule has 5 heteroatoms. The SMILES string of the molecule is O=C(O)C1CCN(C(c2ccc3ccccc3n2)c2cccs2)CC1. The first-order valence-corrected chi connectivity index (χ1v) is 9.46. The summed E-state index contributed by atoms with van der Waals surface area (Å²) in [4.78, 5) is 19.8. The average Bonchev–Trinajstić information content (AvgIpc) is 3.16. The van der Waals surface area contributed by atoms with Crippen molar-refractivity contribution in [3.8, 4) is 0 Å². The van der Waals surface area contributed by atoms with Gasteiger partial charge in [-0.25, -0.2) is 0 Å². The molecule has 0 saturated carbocycles. The van der Waals surface area contributed by atoms with Crippen LogP contribution in [-0.2, 0) is 4.79 Å². The van der Waals surface area contributed by atoms with Gasteiger partial charge >= 0.3 is 5.97 Å². The van der Waals surface area contributed by atoms with E-state index in [4.69, 9.17) is 4.98 Å². The number of carboxylic acids is 1. The Kier molecular flexibility index (Phi) is 4.51. The van der Waals surface area contributed by atoms with Crippen molar-refractivity contribution in [1.29, 1.82) is 0 Å². The molecule has 1 atom stereocenters. The molecule has 1 saturated heterocycles. The van der Waals surface area contributed by atoms with Gasteiger partial charge in [0.05, 0.1) is 23.2 Å². The molecule has 2 aromatic heterocycles. The van der Waals surface area contributed by atoms with Crippen LogP contribution in [0.1, 0.15) is 29.5 Å². The molecule has 1 fully saturated rings. The Labute approximate surface area is 150 Å². The van der Waals surface area contributed by atoms with Gasteiger partial charge in [-0.05, 0) is 49.5 Å². The van der Waals surface area contributed by atoms with E-state index in [0.717, 1.165) is 29.7 Å². The molecule has 1 aliphatic rings. The van der Waals surface area contributed by atoms with Crippen molar-refractivity contribution in [2.45, 2.75) is 18.9 Å². The molecule has 4 nitrogen and oxygen atoms in total.